The van der Waals surface area contributed by atoms with E-state index >= 15 is 0 Å². The number of ether oxygens (including phenoxy) is 1. The van der Waals surface area contributed by atoms with Crippen LogP contribution in [0.1, 0.15) is 24.8 Å². The van der Waals surface area contributed by atoms with E-state index in [-0.39, 0.29) is 42.1 Å². The number of carbonyl (C=O) groups is 2. The van der Waals surface area contributed by atoms with Crippen LogP contribution >= 0.6 is 0 Å². The number of benzene rings is 1. The molecule has 0 aromatic heterocycles. The van der Waals surface area contributed by atoms with E-state index in [4.69, 9.17) is 4.74 Å². The first-order chi connectivity index (χ1) is 11.6. The zero-order chi connectivity index (χ0) is 16.7. The zero-order valence-corrected chi connectivity index (χ0v) is 13.4. The molecule has 0 bridgehead atoms. The highest BCUT2D eigenvalue weighted by atomic mass is 19.1. The number of rotatable bonds is 4. The molecule has 4 rings (SSSR count). The Bertz CT molecular complexity index is 661. The van der Waals surface area contributed by atoms with E-state index < -0.39 is 0 Å². The number of halogens is 1. The maximum absolute atomic E-state index is 13.3. The summed E-state index contributed by atoms with van der Waals surface area (Å²) in [6.45, 7) is 0.967. The third-order valence-electron chi connectivity index (χ3n) is 5.12. The lowest BCUT2D eigenvalue weighted by molar-refractivity contribution is -0.131. The lowest BCUT2D eigenvalue weighted by Gasteiger charge is -2.22. The Hall–Kier alpha value is -1.95. The number of carbonyl (C=O) groups excluding carboxylic acids is 2. The van der Waals surface area contributed by atoms with Crippen LogP contribution in [-0.4, -0.2) is 48.1 Å². The summed E-state index contributed by atoms with van der Waals surface area (Å²) in [6, 6.07) is 6.36. The van der Waals surface area contributed by atoms with Crippen LogP contribution in [0.2, 0.25) is 0 Å². The van der Waals surface area contributed by atoms with Gasteiger partial charge in [-0.2, -0.15) is 0 Å². The number of fused-ring (bicyclic) bond motifs is 1. The van der Waals surface area contributed by atoms with Crippen LogP contribution in [0.15, 0.2) is 24.3 Å². The highest BCUT2D eigenvalue weighted by Gasteiger charge is 2.50. The minimum Gasteiger partial charge on any atom is -0.375 e. The fourth-order valence-electron chi connectivity index (χ4n) is 3.75. The molecule has 6 heteroatoms. The summed E-state index contributed by atoms with van der Waals surface area (Å²) in [5.41, 5.74) is 0.654. The molecule has 2 heterocycles. The number of nitrogens with zero attached hydrogens (tertiary/aromatic N) is 1. The van der Waals surface area contributed by atoms with Gasteiger partial charge in [-0.15, -0.1) is 0 Å². The van der Waals surface area contributed by atoms with Crippen molar-refractivity contribution in [1.29, 1.82) is 0 Å². The third-order valence-corrected chi connectivity index (χ3v) is 5.12. The molecular weight excluding hydrogens is 311 g/mol. The van der Waals surface area contributed by atoms with Crippen molar-refractivity contribution in [3.8, 4) is 0 Å². The fourth-order valence-corrected chi connectivity index (χ4v) is 3.75. The average Bonchev–Trinajstić information content (AvgIpc) is 3.09. The van der Waals surface area contributed by atoms with E-state index in [1.54, 1.807) is 17.0 Å². The summed E-state index contributed by atoms with van der Waals surface area (Å²) < 4.78 is 19.1. The zero-order valence-electron chi connectivity index (χ0n) is 13.4. The Kier molecular flexibility index (Phi) is 4.00. The van der Waals surface area contributed by atoms with Crippen LogP contribution in [0.3, 0.4) is 0 Å². The van der Waals surface area contributed by atoms with Gasteiger partial charge in [0, 0.05) is 19.2 Å². The highest BCUT2D eigenvalue weighted by Crippen LogP contribution is 2.34. The molecule has 2 saturated heterocycles. The summed E-state index contributed by atoms with van der Waals surface area (Å²) in [6.07, 6.45) is 2.77. The van der Waals surface area contributed by atoms with Gasteiger partial charge in [0.2, 0.25) is 11.8 Å². The van der Waals surface area contributed by atoms with Crippen molar-refractivity contribution in [2.45, 2.75) is 43.9 Å². The molecule has 1 aromatic carbocycles. The lowest BCUT2D eigenvalue weighted by atomic mass is 10.0. The molecule has 3 aliphatic rings. The molecule has 1 aromatic rings. The number of likely N-dealkylation sites (tertiary alicyclic amines) is 1. The first-order valence-electron chi connectivity index (χ1n) is 8.58. The van der Waals surface area contributed by atoms with Crippen molar-refractivity contribution >= 4 is 11.8 Å². The van der Waals surface area contributed by atoms with E-state index in [1.807, 2.05) is 0 Å². The van der Waals surface area contributed by atoms with Crippen LogP contribution < -0.4 is 5.32 Å². The van der Waals surface area contributed by atoms with E-state index in [0.29, 0.717) is 24.8 Å². The second-order valence-electron chi connectivity index (χ2n) is 6.93. The van der Waals surface area contributed by atoms with Crippen LogP contribution in [0.4, 0.5) is 4.39 Å². The van der Waals surface area contributed by atoms with Crippen LogP contribution in [0.5, 0.6) is 0 Å². The number of hydrogen-bond acceptors (Lipinski definition) is 3. The quantitative estimate of drug-likeness (QED) is 0.903. The SMILES string of the molecule is O=C(NC1CC1)[C@@H]1CN(C(=O)Cc2cccc(F)c2)[C@@H]2CCO[C@H]21. The number of amides is 2. The first-order valence-corrected chi connectivity index (χ1v) is 8.58. The second-order valence-corrected chi connectivity index (χ2v) is 6.93. The van der Waals surface area contributed by atoms with Gasteiger partial charge in [0.15, 0.2) is 0 Å². The second kappa shape index (κ2) is 6.16. The molecule has 1 N–H and O–H groups in total. The molecule has 1 aliphatic carbocycles. The Labute approximate surface area is 140 Å². The van der Waals surface area contributed by atoms with Crippen molar-refractivity contribution in [3.63, 3.8) is 0 Å². The predicted octanol–water partition coefficient (Wildman–Crippen LogP) is 1.26. The molecule has 24 heavy (non-hydrogen) atoms. The van der Waals surface area contributed by atoms with Gasteiger partial charge in [-0.05, 0) is 37.0 Å². The Morgan fingerprint density at radius 3 is 2.88 bits per heavy atom. The minimum absolute atomic E-state index is 0.00421. The molecule has 2 amide bonds. The Morgan fingerprint density at radius 1 is 1.29 bits per heavy atom. The fraction of sp³-hybridized carbons (Fsp3) is 0.556. The van der Waals surface area contributed by atoms with Gasteiger partial charge >= 0.3 is 0 Å². The largest absolute Gasteiger partial charge is 0.375 e. The molecule has 1 saturated carbocycles. The number of hydrogen-bond donors (Lipinski definition) is 1. The Morgan fingerprint density at radius 2 is 2.12 bits per heavy atom. The van der Waals surface area contributed by atoms with Gasteiger partial charge < -0.3 is 15.0 Å². The smallest absolute Gasteiger partial charge is 0.227 e. The van der Waals surface area contributed by atoms with Gasteiger partial charge in [-0.1, -0.05) is 12.1 Å². The molecule has 3 fully saturated rings. The summed E-state index contributed by atoms with van der Waals surface area (Å²) >= 11 is 0. The van der Waals surface area contributed by atoms with Crippen molar-refractivity contribution < 1.29 is 18.7 Å². The minimum atomic E-state index is -0.342. The van der Waals surface area contributed by atoms with E-state index in [2.05, 4.69) is 5.32 Å². The molecule has 128 valence electrons. The van der Waals surface area contributed by atoms with Crippen molar-refractivity contribution in [1.82, 2.24) is 10.2 Å². The van der Waals surface area contributed by atoms with Crippen molar-refractivity contribution in [2.75, 3.05) is 13.2 Å². The molecule has 0 unspecified atom stereocenters. The van der Waals surface area contributed by atoms with E-state index in [9.17, 15) is 14.0 Å². The van der Waals surface area contributed by atoms with Gasteiger partial charge in [0.05, 0.1) is 24.5 Å². The van der Waals surface area contributed by atoms with Crippen LogP contribution in [-0.2, 0) is 20.7 Å². The standard InChI is InChI=1S/C18H21FN2O3/c19-12-3-1-2-11(8-12)9-16(22)21-10-14(17-15(21)6-7-24-17)18(23)20-13-4-5-13/h1-3,8,13-15,17H,4-7,9-10H2,(H,20,23)/t14-,15-,17+/m1/s1. The van der Waals surface area contributed by atoms with Crippen LogP contribution in [0.25, 0.3) is 0 Å². The summed E-state index contributed by atoms with van der Waals surface area (Å²) in [5.74, 6) is -0.710. The molecule has 2 aliphatic heterocycles. The molecule has 3 atom stereocenters. The maximum atomic E-state index is 13.3. The van der Waals surface area contributed by atoms with Crippen molar-refractivity contribution in [2.24, 2.45) is 5.92 Å². The van der Waals surface area contributed by atoms with Crippen LogP contribution in [0, 0.1) is 11.7 Å². The average molecular weight is 332 g/mol. The molecular formula is C18H21FN2O3. The molecule has 0 spiro atoms. The molecule has 0 radical (unpaired) electrons. The third kappa shape index (κ3) is 3.02. The number of nitrogens with one attached hydrogen (secondary N) is 1. The monoisotopic (exact) mass is 332 g/mol. The summed E-state index contributed by atoms with van der Waals surface area (Å²) in [7, 11) is 0. The predicted molar refractivity (Wildman–Crippen MR) is 84.6 cm³/mol. The van der Waals surface area contributed by atoms with Gasteiger partial charge in [0.1, 0.15) is 5.82 Å². The topological polar surface area (TPSA) is 58.6 Å². The first kappa shape index (κ1) is 15.6. The van der Waals surface area contributed by atoms with Crippen molar-refractivity contribution in [3.05, 3.63) is 35.6 Å². The van der Waals surface area contributed by atoms with E-state index in [0.717, 1.165) is 19.3 Å². The highest BCUT2D eigenvalue weighted by molar-refractivity contribution is 5.84. The summed E-state index contributed by atoms with van der Waals surface area (Å²) in [4.78, 5) is 26.9. The van der Waals surface area contributed by atoms with Gasteiger partial charge in [-0.3, -0.25) is 9.59 Å². The molecule has 5 nitrogen and oxygen atoms in total. The van der Waals surface area contributed by atoms with Gasteiger partial charge in [-0.25, -0.2) is 4.39 Å². The normalized spacial score (nSPS) is 28.7. The van der Waals surface area contributed by atoms with E-state index in [1.165, 1.54) is 12.1 Å². The van der Waals surface area contributed by atoms with Gasteiger partial charge in [0.25, 0.3) is 0 Å². The Balaban J connectivity index is 1.46. The maximum Gasteiger partial charge on any atom is 0.227 e. The lowest BCUT2D eigenvalue weighted by Crippen LogP contribution is -2.39. The summed E-state index contributed by atoms with van der Waals surface area (Å²) in [5, 5.41) is 3.02.